The van der Waals surface area contributed by atoms with Crippen molar-refractivity contribution >= 4 is 23.3 Å². The zero-order valence-electron chi connectivity index (χ0n) is 23.1. The molecule has 0 spiro atoms. The van der Waals surface area contributed by atoms with Crippen LogP contribution in [0.2, 0.25) is 0 Å². The normalized spacial score (nSPS) is 44.3. The molecule has 5 fully saturated rings. The SMILES string of the molecule is C[C@H](CCC(=O)OCC[C@@H]1C[C@]1(O)C(F)(F)F)[C@H]1CC[C@H]2[C@@H]3C(=O)C[C@@H]4CC(=O)CC[C@]4(C)[C@H]3CC(=O)[C@]12C. The molecule has 9 heteroatoms. The number of fused-ring (bicyclic) bond motifs is 5. The van der Waals surface area contributed by atoms with E-state index in [0.717, 1.165) is 19.3 Å². The summed E-state index contributed by atoms with van der Waals surface area (Å²) in [6, 6.07) is 0. The molecule has 0 aromatic carbocycles. The van der Waals surface area contributed by atoms with Gasteiger partial charge in [-0.3, -0.25) is 19.2 Å². The highest BCUT2D eigenvalue weighted by Gasteiger charge is 2.70. The maximum absolute atomic E-state index is 13.9. The van der Waals surface area contributed by atoms with Crippen molar-refractivity contribution in [1.29, 1.82) is 0 Å². The summed E-state index contributed by atoms with van der Waals surface area (Å²) in [5.74, 6) is -0.828. The van der Waals surface area contributed by atoms with Crippen LogP contribution in [0.5, 0.6) is 0 Å². The van der Waals surface area contributed by atoms with E-state index in [-0.39, 0.29) is 84.1 Å². The first-order valence-electron chi connectivity index (χ1n) is 14.7. The number of alkyl halides is 3. The first-order chi connectivity index (χ1) is 18.1. The molecule has 0 aromatic rings. The van der Waals surface area contributed by atoms with Gasteiger partial charge in [-0.1, -0.05) is 20.8 Å². The highest BCUT2D eigenvalue weighted by atomic mass is 19.4. The average Bonchev–Trinajstić information content (AvgIpc) is 3.39. The van der Waals surface area contributed by atoms with E-state index >= 15 is 0 Å². The third-order valence-corrected chi connectivity index (χ3v) is 12.0. The van der Waals surface area contributed by atoms with Crippen LogP contribution in [0, 0.1) is 52.3 Å². The number of ether oxygens (including phenoxy) is 1. The van der Waals surface area contributed by atoms with Crippen LogP contribution in [0.3, 0.4) is 0 Å². The van der Waals surface area contributed by atoms with E-state index in [0.29, 0.717) is 32.1 Å². The van der Waals surface area contributed by atoms with Gasteiger partial charge in [0.2, 0.25) is 0 Å². The molecular formula is C30H41F3O6. The fraction of sp³-hybridized carbons (Fsp3) is 0.867. The first kappa shape index (κ1) is 28.7. The molecule has 5 rings (SSSR count). The molecule has 0 saturated heterocycles. The van der Waals surface area contributed by atoms with Gasteiger partial charge in [0.25, 0.3) is 0 Å². The van der Waals surface area contributed by atoms with E-state index in [2.05, 4.69) is 6.92 Å². The molecule has 5 aliphatic carbocycles. The maximum atomic E-state index is 13.9. The van der Waals surface area contributed by atoms with Gasteiger partial charge in [0.15, 0.2) is 5.60 Å². The number of carbonyl (C=O) groups is 4. The van der Waals surface area contributed by atoms with Crippen molar-refractivity contribution in [3.63, 3.8) is 0 Å². The van der Waals surface area contributed by atoms with Gasteiger partial charge >= 0.3 is 12.1 Å². The Bertz CT molecular complexity index is 1060. The summed E-state index contributed by atoms with van der Waals surface area (Å²) in [6.45, 7) is 6.09. The Hall–Kier alpha value is -1.77. The lowest BCUT2D eigenvalue weighted by atomic mass is 9.44. The van der Waals surface area contributed by atoms with Crippen molar-refractivity contribution in [3.8, 4) is 0 Å². The smallest absolute Gasteiger partial charge is 0.417 e. The molecule has 0 unspecified atom stereocenters. The van der Waals surface area contributed by atoms with Crippen LogP contribution in [0.1, 0.15) is 91.4 Å². The standard InChI is InChI=1S/C30H41F3O6/c1-16(4-7-25(37)39-11-9-17-15-29(17,38)30(31,32)33)20-5-6-21-26-22(14-24(36)28(20,21)3)27(2)10-8-19(34)12-18(27)13-23(26)35/h16-18,20-22,26,38H,4-15H2,1-3H3/t16-,17-,18+,20-,21+,22+,26+,27+,28-,29-/m1/s1. The second-order valence-corrected chi connectivity index (χ2v) is 13.8. The van der Waals surface area contributed by atoms with Crippen LogP contribution in [0.4, 0.5) is 13.2 Å². The second kappa shape index (κ2) is 9.66. The molecule has 0 heterocycles. The number of Topliss-reactive ketones (excluding diaryl/α,β-unsaturated/α-hetero) is 3. The summed E-state index contributed by atoms with van der Waals surface area (Å²) in [5, 5.41) is 9.57. The minimum absolute atomic E-state index is 0.00655. The van der Waals surface area contributed by atoms with Crippen LogP contribution in [0.15, 0.2) is 0 Å². The van der Waals surface area contributed by atoms with Crippen LogP contribution < -0.4 is 0 Å². The van der Waals surface area contributed by atoms with Gasteiger partial charge in [0.05, 0.1) is 6.61 Å². The minimum atomic E-state index is -4.67. The van der Waals surface area contributed by atoms with Crippen molar-refractivity contribution in [2.75, 3.05) is 6.61 Å². The predicted molar refractivity (Wildman–Crippen MR) is 134 cm³/mol. The number of rotatable bonds is 7. The van der Waals surface area contributed by atoms with E-state index in [1.807, 2.05) is 13.8 Å². The fourth-order valence-electron chi connectivity index (χ4n) is 9.33. The molecule has 6 nitrogen and oxygen atoms in total. The maximum Gasteiger partial charge on any atom is 0.417 e. The molecule has 39 heavy (non-hydrogen) atoms. The molecule has 0 amide bonds. The summed E-state index contributed by atoms with van der Waals surface area (Å²) < 4.78 is 43.6. The Morgan fingerprint density at radius 3 is 2.49 bits per heavy atom. The topological polar surface area (TPSA) is 97.7 Å². The quantitative estimate of drug-likeness (QED) is 0.433. The molecule has 0 bridgehead atoms. The number of halogens is 3. The summed E-state index contributed by atoms with van der Waals surface area (Å²) in [7, 11) is 0. The number of esters is 1. The van der Waals surface area contributed by atoms with Gasteiger partial charge in [0, 0.05) is 49.4 Å². The highest BCUT2D eigenvalue weighted by molar-refractivity contribution is 5.93. The molecule has 5 aliphatic rings. The van der Waals surface area contributed by atoms with E-state index in [1.165, 1.54) is 0 Å². The first-order valence-corrected chi connectivity index (χ1v) is 14.7. The second-order valence-electron chi connectivity index (χ2n) is 13.8. The van der Waals surface area contributed by atoms with Gasteiger partial charge in [-0.05, 0) is 73.5 Å². The molecule has 10 atom stereocenters. The Kier molecular flexibility index (Phi) is 7.12. The van der Waals surface area contributed by atoms with Gasteiger partial charge < -0.3 is 9.84 Å². The third-order valence-electron chi connectivity index (χ3n) is 12.0. The number of aliphatic hydroxyl groups is 1. The van der Waals surface area contributed by atoms with E-state index in [4.69, 9.17) is 4.74 Å². The summed E-state index contributed by atoms with van der Waals surface area (Å²) in [5.41, 5.74) is -3.44. The van der Waals surface area contributed by atoms with Crippen LogP contribution in [0.25, 0.3) is 0 Å². The van der Waals surface area contributed by atoms with Gasteiger partial charge in [-0.2, -0.15) is 13.2 Å². The molecule has 1 N–H and O–H groups in total. The predicted octanol–water partition coefficient (Wildman–Crippen LogP) is 5.24. The lowest BCUT2D eigenvalue weighted by molar-refractivity contribution is -0.224. The van der Waals surface area contributed by atoms with Crippen LogP contribution >= 0.6 is 0 Å². The lowest BCUT2D eigenvalue weighted by Crippen LogP contribution is -2.60. The monoisotopic (exact) mass is 554 g/mol. The van der Waals surface area contributed by atoms with Gasteiger partial charge in [-0.15, -0.1) is 0 Å². The van der Waals surface area contributed by atoms with E-state index in [1.54, 1.807) is 0 Å². The fourth-order valence-corrected chi connectivity index (χ4v) is 9.33. The Labute approximate surface area is 227 Å². The van der Waals surface area contributed by atoms with E-state index in [9.17, 15) is 37.5 Å². The summed E-state index contributed by atoms with van der Waals surface area (Å²) in [4.78, 5) is 51.8. The number of hydrogen-bond acceptors (Lipinski definition) is 6. The van der Waals surface area contributed by atoms with E-state index < -0.39 is 29.1 Å². The number of hydrogen-bond donors (Lipinski definition) is 1. The molecule has 0 aromatic heterocycles. The van der Waals surface area contributed by atoms with Crippen molar-refractivity contribution in [1.82, 2.24) is 0 Å². The number of carbonyl (C=O) groups excluding carboxylic acids is 4. The van der Waals surface area contributed by atoms with Crippen LogP contribution in [-0.2, 0) is 23.9 Å². The summed E-state index contributed by atoms with van der Waals surface area (Å²) >= 11 is 0. The van der Waals surface area contributed by atoms with Crippen LogP contribution in [-0.4, -0.2) is 46.8 Å². The lowest BCUT2D eigenvalue weighted by Gasteiger charge is -2.58. The molecule has 0 aliphatic heterocycles. The van der Waals surface area contributed by atoms with Crippen molar-refractivity contribution in [2.24, 2.45) is 52.3 Å². The number of ketones is 3. The molecular weight excluding hydrogens is 513 g/mol. The molecule has 218 valence electrons. The Morgan fingerprint density at radius 2 is 1.82 bits per heavy atom. The van der Waals surface area contributed by atoms with Gasteiger partial charge in [0.1, 0.15) is 17.3 Å². The largest absolute Gasteiger partial charge is 0.466 e. The molecule has 5 saturated carbocycles. The zero-order valence-corrected chi connectivity index (χ0v) is 23.1. The van der Waals surface area contributed by atoms with Crippen molar-refractivity contribution in [2.45, 2.75) is 103 Å². The minimum Gasteiger partial charge on any atom is -0.466 e. The third kappa shape index (κ3) is 4.58. The van der Waals surface area contributed by atoms with Crippen molar-refractivity contribution < 1.29 is 42.2 Å². The Balaban J connectivity index is 1.18. The summed E-state index contributed by atoms with van der Waals surface area (Å²) in [6.07, 6.45) is -0.298. The zero-order chi connectivity index (χ0) is 28.5. The average molecular weight is 555 g/mol. The highest BCUT2D eigenvalue weighted by Crippen LogP contribution is 2.66. The Morgan fingerprint density at radius 1 is 1.10 bits per heavy atom. The van der Waals surface area contributed by atoms with Crippen molar-refractivity contribution in [3.05, 3.63) is 0 Å². The molecule has 0 radical (unpaired) electrons. The van der Waals surface area contributed by atoms with Gasteiger partial charge in [-0.25, -0.2) is 0 Å².